The van der Waals surface area contributed by atoms with E-state index >= 15 is 0 Å². The second-order valence-electron chi connectivity index (χ2n) is 10.1. The number of hydrogen-bond acceptors (Lipinski definition) is 6. The average molecular weight is 514 g/mol. The highest BCUT2D eigenvalue weighted by atomic mass is 32.2. The number of Topliss-reactive ketones (excluding diaryl/α,β-unsaturated/α-hetero) is 1. The molecule has 3 atom stereocenters. The molecule has 2 aliphatic rings. The summed E-state index contributed by atoms with van der Waals surface area (Å²) in [5.41, 5.74) is 1.50. The Morgan fingerprint density at radius 1 is 1.14 bits per heavy atom. The van der Waals surface area contributed by atoms with Gasteiger partial charge in [-0.2, -0.15) is 0 Å². The van der Waals surface area contributed by atoms with Crippen LogP contribution in [0.15, 0.2) is 48.5 Å². The van der Waals surface area contributed by atoms with E-state index in [4.69, 9.17) is 4.74 Å². The van der Waals surface area contributed by atoms with Crippen LogP contribution in [0.2, 0.25) is 0 Å². The topological polar surface area (TPSA) is 105 Å². The SMILES string of the molecule is CC1CC1COc1cc(C(=O)N[C@@H](Cc2ccccc2)C(=O)CNC2CC2)cc(N(C)S(C)(=O)=O)c1. The zero-order valence-electron chi connectivity index (χ0n) is 21.1. The van der Waals surface area contributed by atoms with Crippen LogP contribution >= 0.6 is 0 Å². The van der Waals surface area contributed by atoms with E-state index in [2.05, 4.69) is 17.6 Å². The Bertz CT molecular complexity index is 1200. The molecule has 2 aliphatic carbocycles. The summed E-state index contributed by atoms with van der Waals surface area (Å²) in [5.74, 6) is 0.939. The minimum atomic E-state index is -3.55. The van der Waals surface area contributed by atoms with Gasteiger partial charge in [0, 0.05) is 24.7 Å². The maximum atomic E-state index is 13.4. The van der Waals surface area contributed by atoms with E-state index in [0.29, 0.717) is 42.3 Å². The molecule has 36 heavy (non-hydrogen) atoms. The lowest BCUT2D eigenvalue weighted by Gasteiger charge is -2.21. The summed E-state index contributed by atoms with van der Waals surface area (Å²) in [6.45, 7) is 2.85. The number of nitrogens with zero attached hydrogens (tertiary/aromatic N) is 1. The number of rotatable bonds is 13. The van der Waals surface area contributed by atoms with Gasteiger partial charge in [0.25, 0.3) is 5.91 Å². The first-order valence-corrected chi connectivity index (χ1v) is 14.3. The first-order valence-electron chi connectivity index (χ1n) is 12.4. The molecule has 1 amide bonds. The van der Waals surface area contributed by atoms with Crippen molar-refractivity contribution in [3.05, 3.63) is 59.7 Å². The van der Waals surface area contributed by atoms with E-state index in [1.165, 1.54) is 13.1 Å². The summed E-state index contributed by atoms with van der Waals surface area (Å²) in [4.78, 5) is 26.4. The monoisotopic (exact) mass is 513 g/mol. The lowest BCUT2D eigenvalue weighted by atomic mass is 10.0. The Morgan fingerprint density at radius 2 is 1.83 bits per heavy atom. The molecule has 2 saturated carbocycles. The molecule has 8 nitrogen and oxygen atoms in total. The summed E-state index contributed by atoms with van der Waals surface area (Å²) in [7, 11) is -2.11. The maximum absolute atomic E-state index is 13.4. The second kappa shape index (κ2) is 11.0. The number of ether oxygens (including phenoxy) is 1. The van der Waals surface area contributed by atoms with Crippen LogP contribution in [0.4, 0.5) is 5.69 Å². The van der Waals surface area contributed by atoms with Crippen LogP contribution in [0, 0.1) is 11.8 Å². The normalized spacial score (nSPS) is 19.9. The van der Waals surface area contributed by atoms with Crippen molar-refractivity contribution in [3.63, 3.8) is 0 Å². The van der Waals surface area contributed by atoms with Crippen LogP contribution in [0.1, 0.15) is 42.1 Å². The molecular weight excluding hydrogens is 478 g/mol. The third-order valence-corrected chi connectivity index (χ3v) is 8.08. The molecule has 0 aromatic heterocycles. The molecule has 0 aliphatic heterocycles. The zero-order valence-corrected chi connectivity index (χ0v) is 21.9. The number of nitrogens with one attached hydrogen (secondary N) is 2. The van der Waals surface area contributed by atoms with Gasteiger partial charge in [-0.15, -0.1) is 0 Å². The van der Waals surface area contributed by atoms with Gasteiger partial charge >= 0.3 is 0 Å². The largest absolute Gasteiger partial charge is 0.493 e. The maximum Gasteiger partial charge on any atom is 0.252 e. The number of hydrogen-bond donors (Lipinski definition) is 2. The van der Waals surface area contributed by atoms with Crippen molar-refractivity contribution in [2.75, 3.05) is 30.8 Å². The summed E-state index contributed by atoms with van der Waals surface area (Å²) in [5, 5.41) is 6.12. The quantitative estimate of drug-likeness (QED) is 0.427. The van der Waals surface area contributed by atoms with Gasteiger partial charge in [0.1, 0.15) is 5.75 Å². The molecule has 0 radical (unpaired) electrons. The molecule has 2 aromatic rings. The van der Waals surface area contributed by atoms with Gasteiger partial charge in [0.05, 0.1) is 31.1 Å². The van der Waals surface area contributed by atoms with E-state index in [1.807, 2.05) is 30.3 Å². The molecule has 9 heteroatoms. The smallest absolute Gasteiger partial charge is 0.252 e. The number of carbonyl (C=O) groups excluding carboxylic acids is 2. The minimum absolute atomic E-state index is 0.0947. The molecule has 2 fully saturated rings. The molecule has 0 spiro atoms. The minimum Gasteiger partial charge on any atom is -0.493 e. The lowest BCUT2D eigenvalue weighted by molar-refractivity contribution is -0.120. The fraction of sp³-hybridized carbons (Fsp3) is 0.481. The van der Waals surface area contributed by atoms with Crippen molar-refractivity contribution < 1.29 is 22.7 Å². The number of ketones is 1. The van der Waals surface area contributed by atoms with E-state index in [-0.39, 0.29) is 17.9 Å². The van der Waals surface area contributed by atoms with Gasteiger partial charge in [-0.3, -0.25) is 13.9 Å². The first kappa shape index (κ1) is 26.2. The van der Waals surface area contributed by atoms with E-state index in [1.54, 1.807) is 12.1 Å². The summed E-state index contributed by atoms with van der Waals surface area (Å²) in [6, 6.07) is 13.9. The van der Waals surface area contributed by atoms with Crippen molar-refractivity contribution >= 4 is 27.4 Å². The molecule has 0 saturated heterocycles. The molecular formula is C27H35N3O5S. The standard InChI is InChI=1S/C27H35N3O5S/c1-18-11-21(18)17-35-24-14-20(13-23(15-24)30(2)36(3,33)34)27(32)29-25(12-19-7-5-4-6-8-19)26(31)16-28-22-9-10-22/h4-8,13-15,18,21-22,25,28H,9-12,16-17H2,1-3H3,(H,29,32)/t18?,21?,25-/m0/s1. The number of carbonyl (C=O) groups is 2. The third-order valence-electron chi connectivity index (χ3n) is 6.87. The van der Waals surface area contributed by atoms with Crippen molar-refractivity contribution in [2.45, 2.75) is 44.7 Å². The average Bonchev–Trinajstić information content (AvgIpc) is 3.78. The van der Waals surface area contributed by atoms with E-state index in [9.17, 15) is 18.0 Å². The van der Waals surface area contributed by atoms with Crippen molar-refractivity contribution in [1.29, 1.82) is 0 Å². The summed E-state index contributed by atoms with van der Waals surface area (Å²) >= 11 is 0. The lowest BCUT2D eigenvalue weighted by Crippen LogP contribution is -2.46. The van der Waals surface area contributed by atoms with Gasteiger partial charge in [-0.1, -0.05) is 37.3 Å². The van der Waals surface area contributed by atoms with Gasteiger partial charge in [0.2, 0.25) is 10.0 Å². The summed E-state index contributed by atoms with van der Waals surface area (Å²) in [6.07, 6.45) is 4.68. The molecule has 2 N–H and O–H groups in total. The number of amides is 1. The van der Waals surface area contributed by atoms with Gasteiger partial charge in [0.15, 0.2) is 5.78 Å². The fourth-order valence-corrected chi connectivity index (χ4v) is 4.49. The molecule has 194 valence electrons. The first-order chi connectivity index (χ1) is 17.1. The van der Waals surface area contributed by atoms with Crippen LogP contribution in [0.25, 0.3) is 0 Å². The Labute approximate surface area is 213 Å². The highest BCUT2D eigenvalue weighted by Crippen LogP contribution is 2.38. The molecule has 4 rings (SSSR count). The Hall–Kier alpha value is -2.91. The second-order valence-corrected chi connectivity index (χ2v) is 12.1. The number of sulfonamides is 1. The van der Waals surface area contributed by atoms with Gasteiger partial charge in [-0.05, 0) is 55.2 Å². The fourth-order valence-electron chi connectivity index (χ4n) is 4.00. The van der Waals surface area contributed by atoms with Crippen molar-refractivity contribution in [3.8, 4) is 5.75 Å². The Balaban J connectivity index is 1.55. The Kier molecular flexibility index (Phi) is 8.00. The Morgan fingerprint density at radius 3 is 2.44 bits per heavy atom. The highest BCUT2D eigenvalue weighted by molar-refractivity contribution is 7.92. The highest BCUT2D eigenvalue weighted by Gasteiger charge is 2.33. The third kappa shape index (κ3) is 7.30. The van der Waals surface area contributed by atoms with Crippen molar-refractivity contribution in [1.82, 2.24) is 10.6 Å². The van der Waals surface area contributed by atoms with Crippen LogP contribution in [0.5, 0.6) is 5.75 Å². The van der Waals surface area contributed by atoms with Crippen LogP contribution in [-0.4, -0.2) is 58.6 Å². The van der Waals surface area contributed by atoms with E-state index in [0.717, 1.165) is 35.4 Å². The van der Waals surface area contributed by atoms with Gasteiger partial charge in [-0.25, -0.2) is 8.42 Å². The molecule has 0 bridgehead atoms. The van der Waals surface area contributed by atoms with E-state index < -0.39 is 22.0 Å². The van der Waals surface area contributed by atoms with Crippen LogP contribution in [-0.2, 0) is 21.2 Å². The molecule has 2 unspecified atom stereocenters. The zero-order chi connectivity index (χ0) is 25.9. The molecule has 2 aromatic carbocycles. The summed E-state index contributed by atoms with van der Waals surface area (Å²) < 4.78 is 31.4. The predicted molar refractivity (Wildman–Crippen MR) is 140 cm³/mol. The predicted octanol–water partition coefficient (Wildman–Crippen LogP) is 2.78. The van der Waals surface area contributed by atoms with Crippen LogP contribution < -0.4 is 19.7 Å². The number of anilines is 1. The number of benzene rings is 2. The van der Waals surface area contributed by atoms with Crippen molar-refractivity contribution in [2.24, 2.45) is 11.8 Å². The molecule has 0 heterocycles. The van der Waals surface area contributed by atoms with Crippen LogP contribution in [0.3, 0.4) is 0 Å². The van der Waals surface area contributed by atoms with Gasteiger partial charge < -0.3 is 15.4 Å².